The first-order valence-corrected chi connectivity index (χ1v) is 5.93. The summed E-state index contributed by atoms with van der Waals surface area (Å²) in [6.45, 7) is -1.45. The molecule has 1 rings (SSSR count). The molecule has 9 heteroatoms. The Balaban J connectivity index is 2.70. The van der Waals surface area contributed by atoms with Crippen LogP contribution in [0.3, 0.4) is 0 Å². The zero-order valence-electron chi connectivity index (χ0n) is 9.77. The molecular formula is C10H11F3N2O3S. The van der Waals surface area contributed by atoms with Gasteiger partial charge in [-0.1, -0.05) is 6.07 Å². The third kappa shape index (κ3) is 4.78. The lowest BCUT2D eigenvalue weighted by Crippen LogP contribution is -2.45. The summed E-state index contributed by atoms with van der Waals surface area (Å²) in [4.78, 5) is 23.2. The number of halogens is 3. The molecule has 5 nitrogen and oxygen atoms in total. The van der Waals surface area contributed by atoms with E-state index in [1.807, 2.05) is 5.32 Å². The van der Waals surface area contributed by atoms with Crippen LogP contribution in [0.2, 0.25) is 0 Å². The molecule has 0 aliphatic rings. The lowest BCUT2D eigenvalue weighted by molar-refractivity contribution is -0.140. The Morgan fingerprint density at radius 3 is 2.58 bits per heavy atom. The fraction of sp³-hybridized carbons (Fsp3) is 0.400. The summed E-state index contributed by atoms with van der Waals surface area (Å²) in [7, 11) is 0.941. The van der Waals surface area contributed by atoms with Crippen molar-refractivity contribution in [3.05, 3.63) is 22.4 Å². The van der Waals surface area contributed by atoms with Crippen molar-refractivity contribution in [2.24, 2.45) is 0 Å². The Hall–Kier alpha value is -1.77. The Morgan fingerprint density at radius 1 is 1.53 bits per heavy atom. The second-order valence-electron chi connectivity index (χ2n) is 3.71. The lowest BCUT2D eigenvalue weighted by atomic mass is 10.2. The van der Waals surface area contributed by atoms with Crippen LogP contribution in [0.5, 0.6) is 0 Å². The normalized spacial score (nSPS) is 12.8. The van der Waals surface area contributed by atoms with E-state index in [1.165, 1.54) is 6.07 Å². The second-order valence-corrected chi connectivity index (χ2v) is 4.69. The first-order chi connectivity index (χ1) is 8.70. The third-order valence-electron chi connectivity index (χ3n) is 2.11. The van der Waals surface area contributed by atoms with Gasteiger partial charge >= 0.3 is 18.2 Å². The molecule has 0 fully saturated rings. The van der Waals surface area contributed by atoms with Crippen molar-refractivity contribution in [2.75, 3.05) is 13.6 Å². The van der Waals surface area contributed by atoms with Gasteiger partial charge in [-0.05, 0) is 11.4 Å². The number of nitrogens with zero attached hydrogens (tertiary/aromatic N) is 1. The number of carbonyl (C=O) groups excluding carboxylic acids is 1. The zero-order valence-corrected chi connectivity index (χ0v) is 10.6. The molecule has 0 radical (unpaired) electrons. The number of urea groups is 1. The second kappa shape index (κ2) is 5.91. The summed E-state index contributed by atoms with van der Waals surface area (Å²) in [6, 6.07) is 0.607. The minimum absolute atomic E-state index is 0.334. The number of nitrogens with one attached hydrogen (secondary N) is 1. The molecule has 0 spiro atoms. The van der Waals surface area contributed by atoms with E-state index in [2.05, 4.69) is 0 Å². The molecule has 0 aliphatic carbocycles. The SMILES string of the molecule is CN(CC(F)(F)F)C(=O)NC(C(=O)O)c1cccs1. The Kier molecular flexibility index (Phi) is 4.76. The number of rotatable bonds is 4. The fourth-order valence-electron chi connectivity index (χ4n) is 1.28. The van der Waals surface area contributed by atoms with Crippen molar-refractivity contribution in [1.82, 2.24) is 10.2 Å². The summed E-state index contributed by atoms with van der Waals surface area (Å²) in [5.74, 6) is -1.34. The van der Waals surface area contributed by atoms with Crippen molar-refractivity contribution in [3.63, 3.8) is 0 Å². The highest BCUT2D eigenvalue weighted by atomic mass is 32.1. The van der Waals surface area contributed by atoms with Gasteiger partial charge in [0.25, 0.3) is 0 Å². The summed E-state index contributed by atoms with van der Waals surface area (Å²) in [5, 5.41) is 12.6. The minimum Gasteiger partial charge on any atom is -0.479 e. The molecule has 0 saturated heterocycles. The smallest absolute Gasteiger partial charge is 0.406 e. The van der Waals surface area contributed by atoms with Crippen LogP contribution in [0.15, 0.2) is 17.5 Å². The maximum atomic E-state index is 12.1. The topological polar surface area (TPSA) is 69.6 Å². The van der Waals surface area contributed by atoms with Crippen molar-refractivity contribution in [3.8, 4) is 0 Å². The number of carboxylic acids is 1. The number of hydrogen-bond acceptors (Lipinski definition) is 3. The van der Waals surface area contributed by atoms with Crippen LogP contribution < -0.4 is 5.32 Å². The van der Waals surface area contributed by atoms with E-state index < -0.39 is 30.8 Å². The van der Waals surface area contributed by atoms with Gasteiger partial charge in [0, 0.05) is 11.9 Å². The van der Waals surface area contributed by atoms with Crippen LogP contribution in [-0.4, -0.2) is 41.8 Å². The van der Waals surface area contributed by atoms with Crippen LogP contribution in [0.4, 0.5) is 18.0 Å². The van der Waals surface area contributed by atoms with Crippen LogP contribution in [0.1, 0.15) is 10.9 Å². The Bertz CT molecular complexity index is 447. The maximum Gasteiger partial charge on any atom is 0.406 e. The van der Waals surface area contributed by atoms with Crippen LogP contribution in [-0.2, 0) is 4.79 Å². The standard InChI is InChI=1S/C10H11F3N2O3S/c1-15(5-10(11,12)13)9(18)14-7(8(16)17)6-3-2-4-19-6/h2-4,7H,5H2,1H3,(H,14,18)(H,16,17). The summed E-state index contributed by atoms with van der Waals surface area (Å²) in [5.41, 5.74) is 0. The van der Waals surface area contributed by atoms with E-state index in [-0.39, 0.29) is 0 Å². The number of hydrogen-bond donors (Lipinski definition) is 2. The molecule has 1 unspecified atom stereocenters. The molecule has 2 N–H and O–H groups in total. The average molecular weight is 296 g/mol. The number of carboxylic acid groups (broad SMARTS) is 1. The number of carbonyl (C=O) groups is 2. The van der Waals surface area contributed by atoms with E-state index >= 15 is 0 Å². The van der Waals surface area contributed by atoms with Gasteiger partial charge in [-0.25, -0.2) is 9.59 Å². The molecule has 0 saturated carbocycles. The van der Waals surface area contributed by atoms with E-state index in [9.17, 15) is 22.8 Å². The number of aliphatic carboxylic acids is 1. The first-order valence-electron chi connectivity index (χ1n) is 5.05. The van der Waals surface area contributed by atoms with E-state index in [0.717, 1.165) is 18.4 Å². The van der Waals surface area contributed by atoms with Gasteiger partial charge in [-0.15, -0.1) is 11.3 Å². The highest BCUT2D eigenvalue weighted by Gasteiger charge is 2.32. The molecule has 1 heterocycles. The quantitative estimate of drug-likeness (QED) is 0.893. The van der Waals surface area contributed by atoms with Crippen LogP contribution in [0.25, 0.3) is 0 Å². The molecule has 2 amide bonds. The van der Waals surface area contributed by atoms with Gasteiger partial charge in [-0.3, -0.25) is 0 Å². The van der Waals surface area contributed by atoms with Crippen molar-refractivity contribution in [1.29, 1.82) is 0 Å². The zero-order chi connectivity index (χ0) is 14.6. The molecule has 1 aromatic heterocycles. The highest BCUT2D eigenvalue weighted by Crippen LogP contribution is 2.20. The van der Waals surface area contributed by atoms with Crippen molar-refractivity contribution >= 4 is 23.3 Å². The molecule has 0 aliphatic heterocycles. The van der Waals surface area contributed by atoms with E-state index in [4.69, 9.17) is 5.11 Å². The molecule has 1 aromatic rings. The molecule has 19 heavy (non-hydrogen) atoms. The fourth-order valence-corrected chi connectivity index (χ4v) is 2.05. The predicted molar refractivity (Wildman–Crippen MR) is 61.9 cm³/mol. The summed E-state index contributed by atoms with van der Waals surface area (Å²) >= 11 is 1.09. The largest absolute Gasteiger partial charge is 0.479 e. The number of thiophene rings is 1. The maximum absolute atomic E-state index is 12.1. The first kappa shape index (κ1) is 15.3. The number of alkyl halides is 3. The van der Waals surface area contributed by atoms with E-state index in [0.29, 0.717) is 9.78 Å². The van der Waals surface area contributed by atoms with Gasteiger partial charge in [0.05, 0.1) is 0 Å². The van der Waals surface area contributed by atoms with Crippen LogP contribution >= 0.6 is 11.3 Å². The molecule has 0 aromatic carbocycles. The molecule has 106 valence electrons. The molecule has 1 atom stereocenters. The highest BCUT2D eigenvalue weighted by molar-refractivity contribution is 7.10. The average Bonchev–Trinajstić information content (AvgIpc) is 2.75. The monoisotopic (exact) mass is 296 g/mol. The van der Waals surface area contributed by atoms with Gasteiger partial charge in [0.1, 0.15) is 6.54 Å². The third-order valence-corrected chi connectivity index (χ3v) is 3.04. The minimum atomic E-state index is -4.53. The van der Waals surface area contributed by atoms with Gasteiger partial charge in [0.15, 0.2) is 6.04 Å². The molecular weight excluding hydrogens is 285 g/mol. The number of amides is 2. The summed E-state index contributed by atoms with van der Waals surface area (Å²) < 4.78 is 36.3. The predicted octanol–water partition coefficient (Wildman–Crippen LogP) is 2.08. The van der Waals surface area contributed by atoms with Gasteiger partial charge < -0.3 is 15.3 Å². The Morgan fingerprint density at radius 2 is 2.16 bits per heavy atom. The molecule has 0 bridgehead atoms. The lowest BCUT2D eigenvalue weighted by Gasteiger charge is -2.21. The van der Waals surface area contributed by atoms with Gasteiger partial charge in [-0.2, -0.15) is 13.2 Å². The van der Waals surface area contributed by atoms with E-state index in [1.54, 1.807) is 11.4 Å². The van der Waals surface area contributed by atoms with Gasteiger partial charge in [0.2, 0.25) is 0 Å². The van der Waals surface area contributed by atoms with Crippen molar-refractivity contribution in [2.45, 2.75) is 12.2 Å². The summed E-state index contributed by atoms with van der Waals surface area (Å²) in [6.07, 6.45) is -4.53. The van der Waals surface area contributed by atoms with Crippen molar-refractivity contribution < 1.29 is 27.9 Å². The van der Waals surface area contributed by atoms with Crippen LogP contribution in [0, 0.1) is 0 Å². The Labute approximate surface area is 110 Å².